The van der Waals surface area contributed by atoms with Crippen molar-refractivity contribution in [2.45, 2.75) is 26.4 Å². The maximum absolute atomic E-state index is 12.3. The molecular formula is C17H20N2O3S. The van der Waals surface area contributed by atoms with Crippen LogP contribution in [0.1, 0.15) is 27.0 Å². The van der Waals surface area contributed by atoms with E-state index in [0.717, 1.165) is 10.4 Å². The van der Waals surface area contributed by atoms with Crippen molar-refractivity contribution in [3.8, 4) is 5.75 Å². The Balaban J connectivity index is 1.91. The van der Waals surface area contributed by atoms with Crippen LogP contribution in [-0.2, 0) is 11.3 Å². The molecule has 0 saturated carbocycles. The number of methoxy groups -OCH3 is 1. The van der Waals surface area contributed by atoms with Gasteiger partial charge in [-0.2, -0.15) is 0 Å². The Kier molecular flexibility index (Phi) is 5.76. The van der Waals surface area contributed by atoms with Gasteiger partial charge in [0, 0.05) is 11.4 Å². The van der Waals surface area contributed by atoms with Gasteiger partial charge in [-0.1, -0.05) is 30.3 Å². The second-order valence-electron chi connectivity index (χ2n) is 5.15. The topological polar surface area (TPSA) is 67.4 Å². The van der Waals surface area contributed by atoms with E-state index >= 15 is 0 Å². The van der Waals surface area contributed by atoms with Crippen molar-refractivity contribution in [2.75, 3.05) is 7.11 Å². The van der Waals surface area contributed by atoms with Gasteiger partial charge in [-0.05, 0) is 25.5 Å². The molecule has 2 amide bonds. The molecule has 122 valence electrons. The molecule has 0 spiro atoms. The average Bonchev–Trinajstić information content (AvgIpc) is 2.94. The van der Waals surface area contributed by atoms with Crippen molar-refractivity contribution >= 4 is 23.2 Å². The third kappa shape index (κ3) is 4.56. The monoisotopic (exact) mass is 332 g/mol. The lowest BCUT2D eigenvalue weighted by Crippen LogP contribution is -2.44. The van der Waals surface area contributed by atoms with Crippen LogP contribution in [0.15, 0.2) is 36.4 Å². The Bertz CT molecular complexity index is 682. The summed E-state index contributed by atoms with van der Waals surface area (Å²) in [4.78, 5) is 25.8. The lowest BCUT2D eigenvalue weighted by molar-refractivity contribution is -0.122. The van der Waals surface area contributed by atoms with Gasteiger partial charge in [0.1, 0.15) is 16.7 Å². The minimum absolute atomic E-state index is 0.227. The smallest absolute Gasteiger partial charge is 0.265 e. The van der Waals surface area contributed by atoms with E-state index in [1.807, 2.05) is 37.3 Å². The summed E-state index contributed by atoms with van der Waals surface area (Å²) in [6.45, 7) is 3.99. The summed E-state index contributed by atoms with van der Waals surface area (Å²) in [5.41, 5.74) is 1.01. The summed E-state index contributed by atoms with van der Waals surface area (Å²) in [6, 6.07) is 10.8. The van der Waals surface area contributed by atoms with Crippen LogP contribution < -0.4 is 15.4 Å². The lowest BCUT2D eigenvalue weighted by Gasteiger charge is -2.14. The normalized spacial score (nSPS) is 11.6. The van der Waals surface area contributed by atoms with Gasteiger partial charge in [-0.15, -0.1) is 11.3 Å². The zero-order valence-corrected chi connectivity index (χ0v) is 14.2. The van der Waals surface area contributed by atoms with Gasteiger partial charge in [-0.3, -0.25) is 9.59 Å². The molecule has 0 radical (unpaired) electrons. The molecule has 1 heterocycles. The molecule has 23 heavy (non-hydrogen) atoms. The molecule has 6 heteroatoms. The fraction of sp³-hybridized carbons (Fsp3) is 0.294. The predicted molar refractivity (Wildman–Crippen MR) is 90.8 cm³/mol. The molecule has 0 aliphatic rings. The fourth-order valence-corrected chi connectivity index (χ4v) is 2.95. The van der Waals surface area contributed by atoms with E-state index in [-0.39, 0.29) is 11.8 Å². The number of nitrogens with one attached hydrogen (secondary N) is 2. The molecular weight excluding hydrogens is 312 g/mol. The molecule has 5 nitrogen and oxygen atoms in total. The third-order valence-electron chi connectivity index (χ3n) is 3.30. The molecule has 2 aromatic rings. The van der Waals surface area contributed by atoms with E-state index in [1.54, 1.807) is 13.0 Å². The van der Waals surface area contributed by atoms with Gasteiger partial charge >= 0.3 is 0 Å². The quantitative estimate of drug-likeness (QED) is 0.854. The van der Waals surface area contributed by atoms with Crippen LogP contribution in [0.4, 0.5) is 0 Å². The molecule has 0 fully saturated rings. The number of rotatable bonds is 6. The van der Waals surface area contributed by atoms with E-state index in [2.05, 4.69) is 10.6 Å². The molecule has 2 rings (SSSR count). The van der Waals surface area contributed by atoms with Gasteiger partial charge in [0.2, 0.25) is 5.91 Å². The Morgan fingerprint density at radius 3 is 2.61 bits per heavy atom. The molecule has 0 unspecified atom stereocenters. The highest BCUT2D eigenvalue weighted by Gasteiger charge is 2.20. The van der Waals surface area contributed by atoms with Gasteiger partial charge in [-0.25, -0.2) is 0 Å². The third-order valence-corrected chi connectivity index (χ3v) is 4.33. The number of hydrogen-bond acceptors (Lipinski definition) is 4. The fourth-order valence-electron chi connectivity index (χ4n) is 2.07. The first-order valence-electron chi connectivity index (χ1n) is 7.28. The summed E-state index contributed by atoms with van der Waals surface area (Å²) >= 11 is 1.34. The number of carbonyl (C=O) groups is 2. The minimum atomic E-state index is -0.627. The average molecular weight is 332 g/mol. The summed E-state index contributed by atoms with van der Waals surface area (Å²) in [5, 5.41) is 5.51. The number of hydrogen-bond donors (Lipinski definition) is 2. The molecule has 1 aromatic heterocycles. The molecule has 2 N–H and O–H groups in total. The number of amides is 2. The Morgan fingerprint density at radius 1 is 1.26 bits per heavy atom. The predicted octanol–water partition coefficient (Wildman–Crippen LogP) is 2.50. The summed E-state index contributed by atoms with van der Waals surface area (Å²) in [5.74, 6) is -0.00125. The first-order chi connectivity index (χ1) is 11.0. The summed E-state index contributed by atoms with van der Waals surface area (Å²) in [7, 11) is 1.52. The van der Waals surface area contributed by atoms with Crippen LogP contribution in [0.2, 0.25) is 0 Å². The van der Waals surface area contributed by atoms with Crippen LogP contribution in [0, 0.1) is 6.92 Å². The van der Waals surface area contributed by atoms with Crippen molar-refractivity contribution in [3.63, 3.8) is 0 Å². The number of carbonyl (C=O) groups excluding carboxylic acids is 2. The first-order valence-corrected chi connectivity index (χ1v) is 8.10. The number of ether oxygens (including phenoxy) is 1. The second-order valence-corrected chi connectivity index (χ2v) is 6.41. The SMILES string of the molecule is COc1cc(C)sc1C(=O)N[C@@H](C)C(=O)NCc1ccccc1. The zero-order valence-electron chi connectivity index (χ0n) is 13.4. The largest absolute Gasteiger partial charge is 0.495 e. The van der Waals surface area contributed by atoms with Crippen LogP contribution in [-0.4, -0.2) is 25.0 Å². The highest BCUT2D eigenvalue weighted by atomic mass is 32.1. The van der Waals surface area contributed by atoms with E-state index in [4.69, 9.17) is 4.74 Å². The Hall–Kier alpha value is -2.34. The van der Waals surface area contributed by atoms with Crippen molar-refractivity contribution in [1.29, 1.82) is 0 Å². The van der Waals surface area contributed by atoms with Crippen LogP contribution in [0.5, 0.6) is 5.75 Å². The summed E-state index contributed by atoms with van der Waals surface area (Å²) < 4.78 is 5.18. The van der Waals surface area contributed by atoms with Crippen LogP contribution >= 0.6 is 11.3 Å². The number of thiophene rings is 1. The maximum Gasteiger partial charge on any atom is 0.265 e. The Labute approximate surface area is 139 Å². The summed E-state index contributed by atoms with van der Waals surface area (Å²) in [6.07, 6.45) is 0. The van der Waals surface area contributed by atoms with Crippen LogP contribution in [0.25, 0.3) is 0 Å². The van der Waals surface area contributed by atoms with Crippen molar-refractivity contribution in [2.24, 2.45) is 0 Å². The van der Waals surface area contributed by atoms with Gasteiger partial charge in [0.25, 0.3) is 5.91 Å². The van der Waals surface area contributed by atoms with Gasteiger partial charge in [0.05, 0.1) is 7.11 Å². The molecule has 0 saturated heterocycles. The standard InChI is InChI=1S/C17H20N2O3S/c1-11-9-14(22-3)15(23-11)17(21)19-12(2)16(20)18-10-13-7-5-4-6-8-13/h4-9,12H,10H2,1-3H3,(H,18,20)(H,19,21)/t12-/m0/s1. The molecule has 0 bridgehead atoms. The van der Waals surface area contributed by atoms with Crippen molar-refractivity contribution in [1.82, 2.24) is 10.6 Å². The highest BCUT2D eigenvalue weighted by molar-refractivity contribution is 7.14. The minimum Gasteiger partial charge on any atom is -0.495 e. The second kappa shape index (κ2) is 7.78. The zero-order chi connectivity index (χ0) is 16.8. The van der Waals surface area contributed by atoms with E-state index in [9.17, 15) is 9.59 Å². The molecule has 1 atom stereocenters. The van der Waals surface area contributed by atoms with Crippen LogP contribution in [0.3, 0.4) is 0 Å². The Morgan fingerprint density at radius 2 is 1.96 bits per heavy atom. The van der Waals surface area contributed by atoms with E-state index in [1.165, 1.54) is 18.4 Å². The lowest BCUT2D eigenvalue weighted by atomic mass is 10.2. The molecule has 0 aliphatic carbocycles. The number of aryl methyl sites for hydroxylation is 1. The van der Waals surface area contributed by atoms with E-state index in [0.29, 0.717) is 17.2 Å². The first kappa shape index (κ1) is 17.0. The van der Waals surface area contributed by atoms with Gasteiger partial charge in [0.15, 0.2) is 0 Å². The van der Waals surface area contributed by atoms with Crippen molar-refractivity contribution < 1.29 is 14.3 Å². The van der Waals surface area contributed by atoms with Gasteiger partial charge < -0.3 is 15.4 Å². The molecule has 0 aliphatic heterocycles. The molecule has 1 aromatic carbocycles. The van der Waals surface area contributed by atoms with E-state index < -0.39 is 6.04 Å². The highest BCUT2D eigenvalue weighted by Crippen LogP contribution is 2.28. The van der Waals surface area contributed by atoms with Crippen molar-refractivity contribution in [3.05, 3.63) is 51.7 Å². The maximum atomic E-state index is 12.3. The number of benzene rings is 1.